The summed E-state index contributed by atoms with van der Waals surface area (Å²) in [5.74, 6) is 2.10. The number of methoxy groups -OCH3 is 2. The fourth-order valence-corrected chi connectivity index (χ4v) is 3.02. The second-order valence-corrected chi connectivity index (χ2v) is 7.21. The maximum atomic E-state index is 5.49. The number of pyridine rings is 1. The third-order valence-electron chi connectivity index (χ3n) is 4.20. The van der Waals surface area contributed by atoms with Gasteiger partial charge in [-0.25, -0.2) is 15.0 Å². The number of ether oxygens (including phenoxy) is 2. The molecular formula is C22H25N7O2S. The molecule has 0 saturated carbocycles. The summed E-state index contributed by atoms with van der Waals surface area (Å²) in [5, 5.41) is 9.62. The number of aryl methyl sites for hydroxylation is 2. The average molecular weight is 452 g/mol. The van der Waals surface area contributed by atoms with Crippen LogP contribution in [0.1, 0.15) is 17.0 Å². The lowest BCUT2D eigenvalue weighted by atomic mass is 10.3. The van der Waals surface area contributed by atoms with Gasteiger partial charge in [0.25, 0.3) is 0 Å². The van der Waals surface area contributed by atoms with Crippen molar-refractivity contribution in [1.82, 2.24) is 20.3 Å². The molecule has 3 aromatic rings. The Bertz CT molecular complexity index is 1060. The molecule has 3 rings (SSSR count). The van der Waals surface area contributed by atoms with Crippen molar-refractivity contribution in [3.05, 3.63) is 65.7 Å². The zero-order valence-corrected chi connectivity index (χ0v) is 19.2. The number of hydrogen-bond donors (Lipinski definition) is 3. The molecule has 0 bridgehead atoms. The highest BCUT2D eigenvalue weighted by atomic mass is 32.1. The zero-order chi connectivity index (χ0) is 22.9. The van der Waals surface area contributed by atoms with Gasteiger partial charge in [-0.15, -0.1) is 0 Å². The fraction of sp³-hybridized carbons (Fsp3) is 0.227. The van der Waals surface area contributed by atoms with Crippen LogP contribution >= 0.6 is 12.2 Å². The van der Waals surface area contributed by atoms with Gasteiger partial charge in [0.15, 0.2) is 5.11 Å². The van der Waals surface area contributed by atoms with E-state index in [-0.39, 0.29) is 0 Å². The van der Waals surface area contributed by atoms with Crippen LogP contribution in [0.2, 0.25) is 0 Å². The largest absolute Gasteiger partial charge is 0.497 e. The summed E-state index contributed by atoms with van der Waals surface area (Å²) in [4.78, 5) is 17.5. The monoisotopic (exact) mass is 451 g/mol. The first-order valence-electron chi connectivity index (χ1n) is 9.79. The number of benzene rings is 1. The Labute approximate surface area is 192 Å². The second kappa shape index (κ2) is 11.0. The molecule has 0 aliphatic heterocycles. The van der Waals surface area contributed by atoms with Crippen molar-refractivity contribution in [2.24, 2.45) is 4.99 Å². The molecule has 0 radical (unpaired) electrons. The lowest BCUT2D eigenvalue weighted by Gasteiger charge is -2.15. The molecule has 0 amide bonds. The quantitative estimate of drug-likeness (QED) is 0.295. The van der Waals surface area contributed by atoms with Gasteiger partial charge in [-0.05, 0) is 43.8 Å². The van der Waals surface area contributed by atoms with Crippen LogP contribution in [0, 0.1) is 13.8 Å². The van der Waals surface area contributed by atoms with E-state index in [0.717, 1.165) is 17.0 Å². The van der Waals surface area contributed by atoms with Gasteiger partial charge in [-0.2, -0.15) is 0 Å². The number of guanidine groups is 1. The summed E-state index contributed by atoms with van der Waals surface area (Å²) in [6.07, 6.45) is 3.48. The van der Waals surface area contributed by atoms with Crippen LogP contribution in [0.5, 0.6) is 11.5 Å². The van der Waals surface area contributed by atoms with E-state index in [2.05, 4.69) is 35.9 Å². The maximum Gasteiger partial charge on any atom is 0.229 e. The van der Waals surface area contributed by atoms with E-state index in [1.54, 1.807) is 32.7 Å². The predicted octanol–water partition coefficient (Wildman–Crippen LogP) is 3.46. The summed E-state index contributed by atoms with van der Waals surface area (Å²) in [6.45, 7) is 4.20. The van der Waals surface area contributed by atoms with E-state index >= 15 is 0 Å². The molecule has 0 spiro atoms. The first kappa shape index (κ1) is 22.9. The van der Waals surface area contributed by atoms with Gasteiger partial charge < -0.3 is 20.1 Å². The van der Waals surface area contributed by atoms with E-state index in [1.807, 2.05) is 44.2 Å². The molecule has 9 nitrogen and oxygen atoms in total. The summed E-state index contributed by atoms with van der Waals surface area (Å²) < 4.78 is 10.6. The minimum Gasteiger partial charge on any atom is -0.497 e. The first-order valence-corrected chi connectivity index (χ1v) is 10.2. The summed E-state index contributed by atoms with van der Waals surface area (Å²) >= 11 is 5.49. The molecular weight excluding hydrogens is 426 g/mol. The molecule has 2 aromatic heterocycles. The molecule has 166 valence electrons. The molecule has 10 heteroatoms. The van der Waals surface area contributed by atoms with Crippen molar-refractivity contribution in [3.8, 4) is 11.5 Å². The smallest absolute Gasteiger partial charge is 0.229 e. The number of thiocarbonyl (C=S) groups is 1. The number of nitrogens with zero attached hydrogens (tertiary/aromatic N) is 4. The Morgan fingerprint density at radius 1 is 1.00 bits per heavy atom. The van der Waals surface area contributed by atoms with Crippen molar-refractivity contribution in [1.29, 1.82) is 0 Å². The highest BCUT2D eigenvalue weighted by Crippen LogP contribution is 2.25. The molecule has 0 aliphatic carbocycles. The second-order valence-electron chi connectivity index (χ2n) is 6.81. The van der Waals surface area contributed by atoms with Crippen LogP contribution in [-0.2, 0) is 6.54 Å². The molecule has 3 N–H and O–H groups in total. The lowest BCUT2D eigenvalue weighted by molar-refractivity contribution is 0.395. The number of rotatable bonds is 6. The van der Waals surface area contributed by atoms with Crippen molar-refractivity contribution in [3.63, 3.8) is 0 Å². The average Bonchev–Trinajstić information content (AvgIpc) is 2.77. The number of nitrogens with one attached hydrogen (secondary N) is 3. The number of anilines is 2. The third-order valence-corrected chi connectivity index (χ3v) is 4.40. The molecule has 0 saturated heterocycles. The predicted molar refractivity (Wildman–Crippen MR) is 129 cm³/mol. The Hall–Kier alpha value is -3.79. The van der Waals surface area contributed by atoms with Crippen molar-refractivity contribution < 1.29 is 9.47 Å². The SMILES string of the molecule is COc1cc(NC(=S)NC(=NCc2cccnc2)Nc2nc(C)cc(C)n2)cc(OC)c1. The van der Waals surface area contributed by atoms with E-state index in [4.69, 9.17) is 21.7 Å². The van der Waals surface area contributed by atoms with Crippen molar-refractivity contribution in [2.75, 3.05) is 24.9 Å². The van der Waals surface area contributed by atoms with Crippen molar-refractivity contribution in [2.45, 2.75) is 20.4 Å². The lowest BCUT2D eigenvalue weighted by Crippen LogP contribution is -2.39. The van der Waals surface area contributed by atoms with Gasteiger partial charge in [0, 0.05) is 47.7 Å². The third kappa shape index (κ3) is 6.88. The Morgan fingerprint density at radius 2 is 1.69 bits per heavy atom. The minimum atomic E-state index is 0.321. The van der Waals surface area contributed by atoms with Gasteiger partial charge >= 0.3 is 0 Å². The van der Waals surface area contributed by atoms with E-state index in [1.165, 1.54) is 0 Å². The molecule has 32 heavy (non-hydrogen) atoms. The highest BCUT2D eigenvalue weighted by molar-refractivity contribution is 7.80. The highest BCUT2D eigenvalue weighted by Gasteiger charge is 2.09. The van der Waals surface area contributed by atoms with Crippen LogP contribution in [0.15, 0.2) is 53.8 Å². The van der Waals surface area contributed by atoms with Crippen LogP contribution in [0.3, 0.4) is 0 Å². The van der Waals surface area contributed by atoms with Gasteiger partial charge in [-0.3, -0.25) is 10.3 Å². The molecule has 0 unspecified atom stereocenters. The summed E-state index contributed by atoms with van der Waals surface area (Å²) in [5.41, 5.74) is 3.34. The number of aliphatic imine (C=N–C) groups is 1. The Kier molecular flexibility index (Phi) is 7.87. The standard InChI is InChI=1S/C22H25N7O2S/c1-14-8-15(2)26-21(25-14)28-20(24-13-16-6-5-7-23-12-16)29-22(32)27-17-9-18(30-3)11-19(10-17)31-4/h5-12H,13H2,1-4H3,(H3,24,25,26,27,28,29,32). The normalized spacial score (nSPS) is 10.9. The Morgan fingerprint density at radius 3 is 2.28 bits per heavy atom. The number of aromatic nitrogens is 3. The zero-order valence-electron chi connectivity index (χ0n) is 18.3. The maximum absolute atomic E-state index is 5.49. The van der Waals surface area contributed by atoms with E-state index in [0.29, 0.717) is 40.8 Å². The van der Waals surface area contributed by atoms with Crippen LogP contribution in [0.25, 0.3) is 0 Å². The molecule has 0 fully saturated rings. The molecule has 1 aromatic carbocycles. The van der Waals surface area contributed by atoms with Gasteiger partial charge in [0.2, 0.25) is 11.9 Å². The first-order chi connectivity index (χ1) is 15.4. The summed E-state index contributed by atoms with van der Waals surface area (Å²) in [7, 11) is 3.18. The molecule has 2 heterocycles. The molecule has 0 atom stereocenters. The Balaban J connectivity index is 1.78. The van der Waals surface area contributed by atoms with Gasteiger partial charge in [-0.1, -0.05) is 6.07 Å². The summed E-state index contributed by atoms with van der Waals surface area (Å²) in [6, 6.07) is 11.1. The van der Waals surface area contributed by atoms with E-state index < -0.39 is 0 Å². The fourth-order valence-electron chi connectivity index (χ4n) is 2.81. The van der Waals surface area contributed by atoms with Gasteiger partial charge in [0.1, 0.15) is 11.5 Å². The van der Waals surface area contributed by atoms with E-state index in [9.17, 15) is 0 Å². The van der Waals surface area contributed by atoms with Crippen molar-refractivity contribution >= 4 is 34.9 Å². The van der Waals surface area contributed by atoms with Crippen LogP contribution in [-0.4, -0.2) is 40.2 Å². The number of hydrogen-bond acceptors (Lipinski definition) is 7. The minimum absolute atomic E-state index is 0.321. The van der Waals surface area contributed by atoms with Crippen LogP contribution in [0.4, 0.5) is 11.6 Å². The molecule has 0 aliphatic rings. The van der Waals surface area contributed by atoms with Gasteiger partial charge in [0.05, 0.1) is 20.8 Å². The topological polar surface area (TPSA) is 106 Å². The van der Waals surface area contributed by atoms with Crippen LogP contribution < -0.4 is 25.4 Å².